The normalized spacial score (nSPS) is 13.0. The molecule has 0 rings (SSSR count). The molecule has 0 radical (unpaired) electrons. The first-order chi connectivity index (χ1) is 10.4. The largest absolute Gasteiger partial charge is 0.480 e. The molecule has 0 bridgehead atoms. The van der Waals surface area contributed by atoms with Crippen molar-refractivity contribution in [3.05, 3.63) is 0 Å². The van der Waals surface area contributed by atoms with Gasteiger partial charge in [0.25, 0.3) is 0 Å². The molecule has 3 amide bonds. The Morgan fingerprint density at radius 3 is 2.23 bits per heavy atom. The second kappa shape index (κ2) is 11.8. The van der Waals surface area contributed by atoms with Gasteiger partial charge in [-0.1, -0.05) is 32.6 Å². The molecule has 5 N–H and O–H groups in total. The van der Waals surface area contributed by atoms with Gasteiger partial charge in [0.05, 0.1) is 6.61 Å². The molecule has 8 nitrogen and oxygen atoms in total. The van der Waals surface area contributed by atoms with E-state index in [2.05, 4.69) is 22.9 Å². The monoisotopic (exact) mass is 317 g/mol. The van der Waals surface area contributed by atoms with Gasteiger partial charge in [-0.2, -0.15) is 0 Å². The van der Waals surface area contributed by atoms with Crippen LogP contribution in [0, 0.1) is 0 Å². The van der Waals surface area contributed by atoms with Gasteiger partial charge in [-0.05, 0) is 13.3 Å². The summed E-state index contributed by atoms with van der Waals surface area (Å²) in [5.41, 5.74) is 0. The van der Waals surface area contributed by atoms with Crippen molar-refractivity contribution in [2.75, 3.05) is 13.2 Å². The Morgan fingerprint density at radius 2 is 1.68 bits per heavy atom. The number of hydrogen-bond donors (Lipinski definition) is 5. The molecule has 0 aliphatic heterocycles. The zero-order valence-electron chi connectivity index (χ0n) is 13.2. The summed E-state index contributed by atoms with van der Waals surface area (Å²) in [5.74, 6) is -1.93. The van der Waals surface area contributed by atoms with Crippen LogP contribution in [-0.2, 0) is 9.59 Å². The van der Waals surface area contributed by atoms with Gasteiger partial charge in [0, 0.05) is 6.54 Å². The molecule has 0 saturated heterocycles. The third-order valence-corrected chi connectivity index (χ3v) is 3.10. The van der Waals surface area contributed by atoms with Crippen molar-refractivity contribution in [2.45, 2.75) is 58.0 Å². The van der Waals surface area contributed by atoms with Crippen LogP contribution >= 0.6 is 0 Å². The molecule has 22 heavy (non-hydrogen) atoms. The summed E-state index contributed by atoms with van der Waals surface area (Å²) in [6, 6.07) is -2.83. The van der Waals surface area contributed by atoms with Gasteiger partial charge in [0.15, 0.2) is 0 Å². The van der Waals surface area contributed by atoms with Crippen LogP contribution in [0.25, 0.3) is 0 Å². The predicted octanol–water partition coefficient (Wildman–Crippen LogP) is 0.206. The summed E-state index contributed by atoms with van der Waals surface area (Å²) in [6.45, 7) is 3.30. The average molecular weight is 317 g/mol. The zero-order valence-corrected chi connectivity index (χ0v) is 13.2. The molecule has 0 aliphatic rings. The van der Waals surface area contributed by atoms with Gasteiger partial charge in [-0.25, -0.2) is 4.79 Å². The minimum atomic E-state index is -1.19. The van der Waals surface area contributed by atoms with Crippen molar-refractivity contribution in [3.8, 4) is 0 Å². The van der Waals surface area contributed by atoms with E-state index >= 15 is 0 Å². The van der Waals surface area contributed by atoms with Crippen molar-refractivity contribution in [2.24, 2.45) is 0 Å². The zero-order chi connectivity index (χ0) is 17.0. The highest BCUT2D eigenvalue weighted by molar-refractivity contribution is 5.89. The SMILES string of the molecule is CCCCCCCNC(=O)N[C@@H](CO)C(=O)N[C@@H](C)C(=O)O. The van der Waals surface area contributed by atoms with Crippen LogP contribution < -0.4 is 16.0 Å². The summed E-state index contributed by atoms with van der Waals surface area (Å²) < 4.78 is 0. The fourth-order valence-electron chi connectivity index (χ4n) is 1.71. The molecule has 0 unspecified atom stereocenters. The minimum absolute atomic E-state index is 0.487. The molecular formula is C14H27N3O5. The number of rotatable bonds is 11. The number of urea groups is 1. The third-order valence-electron chi connectivity index (χ3n) is 3.10. The number of aliphatic carboxylic acids is 1. The molecule has 0 heterocycles. The van der Waals surface area contributed by atoms with E-state index in [1.807, 2.05) is 0 Å². The molecule has 8 heteroatoms. The van der Waals surface area contributed by atoms with E-state index in [0.29, 0.717) is 6.54 Å². The summed E-state index contributed by atoms with van der Waals surface area (Å²) in [4.78, 5) is 33.9. The lowest BCUT2D eigenvalue weighted by molar-refractivity contribution is -0.141. The molecule has 0 saturated carbocycles. The first kappa shape index (κ1) is 20.2. The number of hydrogen-bond acceptors (Lipinski definition) is 4. The van der Waals surface area contributed by atoms with E-state index in [0.717, 1.165) is 25.7 Å². The molecule has 0 aliphatic carbocycles. The van der Waals surface area contributed by atoms with E-state index in [9.17, 15) is 14.4 Å². The number of carboxylic acids is 1. The molecule has 0 fully saturated rings. The van der Waals surface area contributed by atoms with Crippen molar-refractivity contribution < 1.29 is 24.6 Å². The van der Waals surface area contributed by atoms with Crippen LogP contribution in [0.5, 0.6) is 0 Å². The summed E-state index contributed by atoms with van der Waals surface area (Å²) in [5, 5.41) is 24.9. The summed E-state index contributed by atoms with van der Waals surface area (Å²) in [6.07, 6.45) is 5.30. The number of aliphatic hydroxyl groups is 1. The number of aliphatic hydroxyl groups excluding tert-OH is 1. The maximum Gasteiger partial charge on any atom is 0.325 e. The Kier molecular flexibility index (Phi) is 10.8. The van der Waals surface area contributed by atoms with E-state index in [4.69, 9.17) is 10.2 Å². The lowest BCUT2D eigenvalue weighted by Crippen LogP contribution is -2.54. The first-order valence-corrected chi connectivity index (χ1v) is 7.60. The number of carbonyl (C=O) groups is 3. The van der Waals surface area contributed by atoms with Crippen LogP contribution in [0.4, 0.5) is 4.79 Å². The van der Waals surface area contributed by atoms with Crippen LogP contribution in [0.15, 0.2) is 0 Å². The first-order valence-electron chi connectivity index (χ1n) is 7.60. The fourth-order valence-corrected chi connectivity index (χ4v) is 1.71. The highest BCUT2D eigenvalue weighted by atomic mass is 16.4. The van der Waals surface area contributed by atoms with Gasteiger partial charge in [0.2, 0.25) is 5.91 Å². The van der Waals surface area contributed by atoms with E-state index in [1.165, 1.54) is 13.3 Å². The molecule has 0 aromatic heterocycles. The van der Waals surface area contributed by atoms with Crippen LogP contribution in [-0.4, -0.2) is 53.4 Å². The Balaban J connectivity index is 4.02. The quantitative estimate of drug-likeness (QED) is 0.348. The maximum absolute atomic E-state index is 11.7. The van der Waals surface area contributed by atoms with Gasteiger partial charge in [0.1, 0.15) is 12.1 Å². The van der Waals surface area contributed by atoms with Crippen LogP contribution in [0.2, 0.25) is 0 Å². The molecule has 0 aromatic rings. The van der Waals surface area contributed by atoms with Crippen molar-refractivity contribution in [1.82, 2.24) is 16.0 Å². The smallest absolute Gasteiger partial charge is 0.325 e. The highest BCUT2D eigenvalue weighted by Gasteiger charge is 2.23. The molecule has 128 valence electrons. The second-order valence-electron chi connectivity index (χ2n) is 5.12. The highest BCUT2D eigenvalue weighted by Crippen LogP contribution is 2.01. The Bertz CT molecular complexity index is 362. The van der Waals surface area contributed by atoms with E-state index in [1.54, 1.807) is 0 Å². The van der Waals surface area contributed by atoms with Gasteiger partial charge in [-0.15, -0.1) is 0 Å². The minimum Gasteiger partial charge on any atom is -0.480 e. The van der Waals surface area contributed by atoms with Gasteiger partial charge in [-0.3, -0.25) is 9.59 Å². The van der Waals surface area contributed by atoms with Gasteiger partial charge >= 0.3 is 12.0 Å². The number of unbranched alkanes of at least 4 members (excludes halogenated alkanes) is 4. The number of carboxylic acid groups (broad SMARTS) is 1. The average Bonchev–Trinajstić information content (AvgIpc) is 2.47. The number of amides is 3. The number of nitrogens with one attached hydrogen (secondary N) is 3. The van der Waals surface area contributed by atoms with Gasteiger partial charge < -0.3 is 26.2 Å². The molecular weight excluding hydrogens is 290 g/mol. The third kappa shape index (κ3) is 9.17. The molecule has 0 aromatic carbocycles. The van der Waals surface area contributed by atoms with E-state index < -0.39 is 36.6 Å². The van der Waals surface area contributed by atoms with Crippen LogP contribution in [0.1, 0.15) is 46.0 Å². The Morgan fingerprint density at radius 1 is 1.05 bits per heavy atom. The van der Waals surface area contributed by atoms with E-state index in [-0.39, 0.29) is 0 Å². The summed E-state index contributed by atoms with van der Waals surface area (Å²) >= 11 is 0. The van der Waals surface area contributed by atoms with Crippen molar-refractivity contribution in [3.63, 3.8) is 0 Å². The lowest BCUT2D eigenvalue weighted by Gasteiger charge is -2.18. The van der Waals surface area contributed by atoms with Crippen molar-refractivity contribution >= 4 is 17.9 Å². The Hall–Kier alpha value is -1.83. The molecule has 0 spiro atoms. The standard InChI is InChI=1S/C14H27N3O5/c1-3-4-5-6-7-8-15-14(22)17-11(9-18)12(19)16-10(2)13(20)21/h10-11,18H,3-9H2,1-2H3,(H,16,19)(H,20,21)(H2,15,17,22)/t10-,11-/m0/s1. The maximum atomic E-state index is 11.7. The van der Waals surface area contributed by atoms with Crippen LogP contribution in [0.3, 0.4) is 0 Å². The second-order valence-corrected chi connectivity index (χ2v) is 5.12. The Labute approximate surface area is 130 Å². The lowest BCUT2D eigenvalue weighted by atomic mass is 10.1. The predicted molar refractivity (Wildman–Crippen MR) is 81.4 cm³/mol. The molecule has 2 atom stereocenters. The topological polar surface area (TPSA) is 128 Å². The fraction of sp³-hybridized carbons (Fsp3) is 0.786. The summed E-state index contributed by atoms with van der Waals surface area (Å²) in [7, 11) is 0. The number of carbonyl (C=O) groups excluding carboxylic acids is 2. The van der Waals surface area contributed by atoms with Crippen molar-refractivity contribution in [1.29, 1.82) is 0 Å².